The Morgan fingerprint density at radius 3 is 2.35 bits per heavy atom. The van der Waals surface area contributed by atoms with Crippen LogP contribution in [0.1, 0.15) is 71.1 Å². The number of nitrogens with one attached hydrogen (secondary N) is 1. The Kier molecular flexibility index (Phi) is 9.03. The predicted molar refractivity (Wildman–Crippen MR) is 97.5 cm³/mol. The molecule has 5 nitrogen and oxygen atoms in total. The first-order valence-electron chi connectivity index (χ1n) is 9.27. The van der Waals surface area contributed by atoms with Crippen LogP contribution in [-0.2, 0) is 4.79 Å². The van der Waals surface area contributed by atoms with Gasteiger partial charge >= 0.3 is 0 Å². The number of hydrogen-bond donors (Lipinski definition) is 2. The van der Waals surface area contributed by atoms with Crippen LogP contribution in [0.15, 0.2) is 4.99 Å². The number of rotatable bonds is 10. The van der Waals surface area contributed by atoms with Crippen LogP contribution < -0.4 is 11.1 Å². The minimum atomic E-state index is -0.323. The molecular weight excluding hydrogens is 288 g/mol. The van der Waals surface area contributed by atoms with E-state index >= 15 is 0 Å². The molecular formula is C18H36N4O. The molecule has 1 fully saturated rings. The lowest BCUT2D eigenvalue weighted by Crippen LogP contribution is -2.42. The highest BCUT2D eigenvalue weighted by molar-refractivity contribution is 5.84. The van der Waals surface area contributed by atoms with E-state index in [0.29, 0.717) is 12.5 Å². The molecule has 0 bridgehead atoms. The molecule has 3 N–H and O–H groups in total. The summed E-state index contributed by atoms with van der Waals surface area (Å²) in [4.78, 5) is 18.6. The fourth-order valence-corrected chi connectivity index (χ4v) is 3.38. The monoisotopic (exact) mass is 324 g/mol. The first kappa shape index (κ1) is 19.8. The summed E-state index contributed by atoms with van der Waals surface area (Å²) in [6, 6.07) is 0. The van der Waals surface area contributed by atoms with Crippen LogP contribution in [0.2, 0.25) is 0 Å². The van der Waals surface area contributed by atoms with Crippen molar-refractivity contribution in [1.29, 1.82) is 0 Å². The molecule has 1 rings (SSSR count). The average molecular weight is 325 g/mol. The Bertz CT molecular complexity index is 373. The smallest absolute Gasteiger partial charge is 0.230 e. The van der Waals surface area contributed by atoms with Gasteiger partial charge in [0.15, 0.2) is 5.96 Å². The first-order chi connectivity index (χ1) is 11.0. The van der Waals surface area contributed by atoms with Crippen molar-refractivity contribution in [2.24, 2.45) is 16.1 Å². The van der Waals surface area contributed by atoms with Gasteiger partial charge < -0.3 is 16.0 Å². The summed E-state index contributed by atoms with van der Waals surface area (Å²) >= 11 is 0. The van der Waals surface area contributed by atoms with Gasteiger partial charge in [-0.15, -0.1) is 0 Å². The maximum Gasteiger partial charge on any atom is 0.230 e. The fourth-order valence-electron chi connectivity index (χ4n) is 3.38. The second-order valence-corrected chi connectivity index (χ2v) is 7.08. The van der Waals surface area contributed by atoms with E-state index in [9.17, 15) is 4.79 Å². The van der Waals surface area contributed by atoms with Gasteiger partial charge in [-0.05, 0) is 19.3 Å². The molecule has 0 aromatic carbocycles. The lowest BCUT2D eigenvalue weighted by molar-refractivity contribution is -0.138. The second kappa shape index (κ2) is 10.5. The minimum Gasteiger partial charge on any atom is -0.370 e. The Morgan fingerprint density at radius 2 is 1.74 bits per heavy atom. The molecule has 1 amide bonds. The van der Waals surface area contributed by atoms with Crippen molar-refractivity contribution in [3.05, 3.63) is 0 Å². The Balaban J connectivity index is 2.32. The van der Waals surface area contributed by atoms with Gasteiger partial charge in [-0.2, -0.15) is 0 Å². The highest BCUT2D eigenvalue weighted by Crippen LogP contribution is 2.39. The van der Waals surface area contributed by atoms with Crippen molar-refractivity contribution in [2.75, 3.05) is 27.2 Å². The van der Waals surface area contributed by atoms with Gasteiger partial charge in [0.25, 0.3) is 0 Å². The van der Waals surface area contributed by atoms with Crippen LogP contribution in [0.3, 0.4) is 0 Å². The van der Waals surface area contributed by atoms with E-state index in [2.05, 4.69) is 17.2 Å². The molecule has 0 unspecified atom stereocenters. The number of amides is 1. The molecule has 23 heavy (non-hydrogen) atoms. The summed E-state index contributed by atoms with van der Waals surface area (Å²) in [6.45, 7) is 3.62. The summed E-state index contributed by atoms with van der Waals surface area (Å²) in [6.07, 6.45) is 11.7. The average Bonchev–Trinajstić information content (AvgIpc) is 3.01. The zero-order valence-corrected chi connectivity index (χ0v) is 15.4. The highest BCUT2D eigenvalue weighted by Gasteiger charge is 2.41. The van der Waals surface area contributed by atoms with Crippen molar-refractivity contribution in [2.45, 2.75) is 71.1 Å². The third kappa shape index (κ3) is 6.80. The molecule has 134 valence electrons. The number of unbranched alkanes of at least 4 members (excludes halogenated alkanes) is 5. The molecule has 1 aliphatic carbocycles. The van der Waals surface area contributed by atoms with Crippen LogP contribution in [0.25, 0.3) is 0 Å². The number of aliphatic imine (C=N–C) groups is 1. The van der Waals surface area contributed by atoms with Gasteiger partial charge in [0.2, 0.25) is 5.91 Å². The Labute approximate surface area is 142 Å². The molecule has 0 heterocycles. The number of nitrogens with zero attached hydrogens (tertiary/aromatic N) is 2. The molecule has 0 aromatic rings. The van der Waals surface area contributed by atoms with Gasteiger partial charge in [-0.1, -0.05) is 51.9 Å². The van der Waals surface area contributed by atoms with Crippen LogP contribution in [0.4, 0.5) is 0 Å². The van der Waals surface area contributed by atoms with E-state index in [1.165, 1.54) is 32.1 Å². The van der Waals surface area contributed by atoms with E-state index in [-0.39, 0.29) is 11.3 Å². The SMILES string of the molecule is CCCCCCCCNC(N)=NCC1(C(=O)N(C)C)CCCC1. The van der Waals surface area contributed by atoms with Crippen molar-refractivity contribution < 1.29 is 4.79 Å². The van der Waals surface area contributed by atoms with E-state index in [4.69, 9.17) is 5.73 Å². The largest absolute Gasteiger partial charge is 0.370 e. The first-order valence-corrected chi connectivity index (χ1v) is 9.27. The number of carbonyl (C=O) groups is 1. The molecule has 0 spiro atoms. The molecule has 0 saturated heterocycles. The van der Waals surface area contributed by atoms with E-state index in [0.717, 1.165) is 38.6 Å². The molecule has 0 atom stereocenters. The molecule has 1 saturated carbocycles. The Hall–Kier alpha value is -1.26. The highest BCUT2D eigenvalue weighted by atomic mass is 16.2. The minimum absolute atomic E-state index is 0.197. The lowest BCUT2D eigenvalue weighted by Gasteiger charge is -2.29. The fraction of sp³-hybridized carbons (Fsp3) is 0.889. The number of guanidine groups is 1. The topological polar surface area (TPSA) is 70.7 Å². The summed E-state index contributed by atoms with van der Waals surface area (Å²) in [7, 11) is 3.65. The Morgan fingerprint density at radius 1 is 1.13 bits per heavy atom. The van der Waals surface area contributed by atoms with Gasteiger partial charge in [0, 0.05) is 20.6 Å². The number of nitrogens with two attached hydrogens (primary N) is 1. The molecule has 0 aromatic heterocycles. The van der Waals surface area contributed by atoms with Crippen LogP contribution in [-0.4, -0.2) is 44.0 Å². The zero-order valence-electron chi connectivity index (χ0n) is 15.4. The maximum atomic E-state index is 12.5. The van der Waals surface area contributed by atoms with E-state index in [1.54, 1.807) is 4.90 Å². The van der Waals surface area contributed by atoms with Gasteiger partial charge in [-0.25, -0.2) is 0 Å². The van der Waals surface area contributed by atoms with Gasteiger partial charge in [0.1, 0.15) is 0 Å². The van der Waals surface area contributed by atoms with Gasteiger partial charge in [0.05, 0.1) is 12.0 Å². The summed E-state index contributed by atoms with van der Waals surface area (Å²) in [5.74, 6) is 0.680. The van der Waals surface area contributed by atoms with Crippen LogP contribution in [0.5, 0.6) is 0 Å². The number of carbonyl (C=O) groups excluding carboxylic acids is 1. The molecule has 0 radical (unpaired) electrons. The standard InChI is InChI=1S/C18H36N4O/c1-4-5-6-7-8-11-14-20-17(19)21-15-18(12-9-10-13-18)16(23)22(2)3/h4-15H2,1-3H3,(H3,19,20,21). The summed E-state index contributed by atoms with van der Waals surface area (Å²) in [5.41, 5.74) is 5.64. The normalized spacial score (nSPS) is 17.3. The molecule has 0 aliphatic heterocycles. The van der Waals surface area contributed by atoms with Crippen molar-refractivity contribution in [3.63, 3.8) is 0 Å². The lowest BCUT2D eigenvalue weighted by atomic mass is 9.85. The maximum absolute atomic E-state index is 12.5. The molecule has 1 aliphatic rings. The van der Waals surface area contributed by atoms with Gasteiger partial charge in [-0.3, -0.25) is 9.79 Å². The number of hydrogen-bond acceptors (Lipinski definition) is 2. The van der Waals surface area contributed by atoms with E-state index in [1.807, 2.05) is 14.1 Å². The van der Waals surface area contributed by atoms with Crippen LogP contribution in [0, 0.1) is 5.41 Å². The summed E-state index contributed by atoms with van der Waals surface area (Å²) < 4.78 is 0. The summed E-state index contributed by atoms with van der Waals surface area (Å²) in [5, 5.41) is 3.19. The van der Waals surface area contributed by atoms with E-state index < -0.39 is 0 Å². The van der Waals surface area contributed by atoms with Crippen molar-refractivity contribution >= 4 is 11.9 Å². The predicted octanol–water partition coefficient (Wildman–Crippen LogP) is 2.90. The second-order valence-electron chi connectivity index (χ2n) is 7.08. The van der Waals surface area contributed by atoms with Crippen LogP contribution >= 0.6 is 0 Å². The molecule has 5 heteroatoms. The third-order valence-corrected chi connectivity index (χ3v) is 4.81. The zero-order chi connectivity index (χ0) is 17.1. The third-order valence-electron chi connectivity index (χ3n) is 4.81. The van der Waals surface area contributed by atoms with Crippen molar-refractivity contribution in [1.82, 2.24) is 10.2 Å². The van der Waals surface area contributed by atoms with Crippen molar-refractivity contribution in [3.8, 4) is 0 Å². The quantitative estimate of drug-likeness (QED) is 0.369.